The molecular weight excluding hydrogens is 409 g/mol. The number of amides is 1. The van der Waals surface area contributed by atoms with E-state index in [2.05, 4.69) is 17.3 Å². The second-order valence-corrected chi connectivity index (χ2v) is 7.58. The van der Waals surface area contributed by atoms with Gasteiger partial charge in [0, 0.05) is 37.9 Å². The number of nitrogens with one attached hydrogen (secondary N) is 1. The van der Waals surface area contributed by atoms with Crippen molar-refractivity contribution in [2.75, 3.05) is 33.4 Å². The zero-order valence-electron chi connectivity index (χ0n) is 17.5. The van der Waals surface area contributed by atoms with Crippen LogP contribution in [0.3, 0.4) is 0 Å². The lowest BCUT2D eigenvalue weighted by Gasteiger charge is -2.31. The molecule has 5 nitrogen and oxygen atoms in total. The Labute approximate surface area is 180 Å². The summed E-state index contributed by atoms with van der Waals surface area (Å²) in [6.07, 6.45) is -2.43. The summed E-state index contributed by atoms with van der Waals surface area (Å²) < 4.78 is 49.7. The van der Waals surface area contributed by atoms with Gasteiger partial charge in [0.15, 0.2) is 0 Å². The molecule has 1 heterocycles. The summed E-state index contributed by atoms with van der Waals surface area (Å²) in [4.78, 5) is 14.5. The number of rotatable bonds is 8. The maximum atomic E-state index is 12.8. The number of ether oxygens (including phenoxy) is 2. The topological polar surface area (TPSA) is 50.8 Å². The van der Waals surface area contributed by atoms with Gasteiger partial charge in [0.25, 0.3) is 5.91 Å². The number of alkyl halides is 3. The second kappa shape index (κ2) is 10.6. The minimum absolute atomic E-state index is 0.0293. The summed E-state index contributed by atoms with van der Waals surface area (Å²) >= 11 is 0. The van der Waals surface area contributed by atoms with E-state index in [0.717, 1.165) is 50.3 Å². The molecule has 0 aromatic heterocycles. The van der Waals surface area contributed by atoms with E-state index in [-0.39, 0.29) is 12.1 Å². The van der Waals surface area contributed by atoms with Crippen molar-refractivity contribution in [1.29, 1.82) is 0 Å². The molecule has 1 amide bonds. The second-order valence-electron chi connectivity index (χ2n) is 7.58. The molecule has 3 rings (SSSR count). The number of carbonyl (C=O) groups excluding carboxylic acids is 1. The summed E-state index contributed by atoms with van der Waals surface area (Å²) in [5.74, 6) is 0.127. The zero-order chi connectivity index (χ0) is 22.3. The molecule has 2 aromatic carbocycles. The molecule has 1 aliphatic rings. The third kappa shape index (κ3) is 6.97. The van der Waals surface area contributed by atoms with E-state index in [1.165, 1.54) is 12.1 Å². The lowest BCUT2D eigenvalue weighted by atomic mass is 10.1. The number of halogens is 3. The Morgan fingerprint density at radius 3 is 2.65 bits per heavy atom. The van der Waals surface area contributed by atoms with Crippen molar-refractivity contribution in [3.63, 3.8) is 0 Å². The van der Waals surface area contributed by atoms with Crippen molar-refractivity contribution in [2.24, 2.45) is 0 Å². The van der Waals surface area contributed by atoms with Crippen molar-refractivity contribution in [3.8, 4) is 5.75 Å². The number of carbonyl (C=O) groups is 1. The molecule has 0 aliphatic carbocycles. The molecule has 0 saturated carbocycles. The first-order valence-corrected chi connectivity index (χ1v) is 10.3. The highest BCUT2D eigenvalue weighted by atomic mass is 19.4. The molecule has 1 aliphatic heterocycles. The summed E-state index contributed by atoms with van der Waals surface area (Å²) in [6.45, 7) is 3.11. The average Bonchev–Trinajstić information content (AvgIpc) is 2.78. The highest BCUT2D eigenvalue weighted by Gasteiger charge is 2.30. The van der Waals surface area contributed by atoms with Crippen LogP contribution in [0.1, 0.15) is 34.3 Å². The Morgan fingerprint density at radius 1 is 1.16 bits per heavy atom. The Morgan fingerprint density at radius 2 is 1.90 bits per heavy atom. The number of benzene rings is 2. The molecule has 1 saturated heterocycles. The van der Waals surface area contributed by atoms with Crippen LogP contribution >= 0.6 is 0 Å². The van der Waals surface area contributed by atoms with Gasteiger partial charge in [0.1, 0.15) is 12.4 Å². The van der Waals surface area contributed by atoms with Crippen LogP contribution < -0.4 is 10.1 Å². The molecule has 0 spiro atoms. The molecule has 2 aromatic rings. The quantitative estimate of drug-likeness (QED) is 0.676. The molecule has 0 atom stereocenters. The van der Waals surface area contributed by atoms with Crippen LogP contribution in [0.4, 0.5) is 13.2 Å². The molecule has 0 unspecified atom stereocenters. The number of likely N-dealkylation sites (N-methyl/N-ethyl adjacent to an activating group) is 1. The minimum atomic E-state index is -4.49. The monoisotopic (exact) mass is 436 g/mol. The van der Waals surface area contributed by atoms with E-state index in [4.69, 9.17) is 9.47 Å². The minimum Gasteiger partial charge on any atom is -0.492 e. The first kappa shape index (κ1) is 23.1. The third-order valence-electron chi connectivity index (χ3n) is 5.33. The number of nitrogens with zero attached hydrogens (tertiary/aromatic N) is 1. The molecule has 0 radical (unpaired) electrons. The molecule has 1 fully saturated rings. The molecule has 31 heavy (non-hydrogen) atoms. The summed E-state index contributed by atoms with van der Waals surface area (Å²) in [6, 6.07) is 12.2. The maximum absolute atomic E-state index is 12.8. The normalized spacial score (nSPS) is 15.1. The predicted octanol–water partition coefficient (Wildman–Crippen LogP) is 4.13. The number of hydrogen-bond acceptors (Lipinski definition) is 4. The predicted molar refractivity (Wildman–Crippen MR) is 111 cm³/mol. The van der Waals surface area contributed by atoms with Gasteiger partial charge < -0.3 is 14.8 Å². The van der Waals surface area contributed by atoms with Gasteiger partial charge >= 0.3 is 6.18 Å². The van der Waals surface area contributed by atoms with Crippen molar-refractivity contribution in [2.45, 2.75) is 31.6 Å². The highest BCUT2D eigenvalue weighted by molar-refractivity contribution is 5.94. The first-order chi connectivity index (χ1) is 14.8. The van der Waals surface area contributed by atoms with E-state index in [0.29, 0.717) is 18.4 Å². The van der Waals surface area contributed by atoms with E-state index in [1.54, 1.807) is 0 Å². The number of hydrogen-bond donors (Lipinski definition) is 1. The van der Waals surface area contributed by atoms with Gasteiger partial charge in [-0.2, -0.15) is 13.2 Å². The third-order valence-corrected chi connectivity index (χ3v) is 5.33. The van der Waals surface area contributed by atoms with Crippen LogP contribution in [-0.2, 0) is 17.5 Å². The lowest BCUT2D eigenvalue weighted by Crippen LogP contribution is -2.38. The zero-order valence-corrected chi connectivity index (χ0v) is 17.5. The van der Waals surface area contributed by atoms with E-state index in [9.17, 15) is 18.0 Å². The van der Waals surface area contributed by atoms with Crippen molar-refractivity contribution >= 4 is 5.91 Å². The van der Waals surface area contributed by atoms with Gasteiger partial charge in [-0.3, -0.25) is 9.69 Å². The van der Waals surface area contributed by atoms with Gasteiger partial charge in [-0.15, -0.1) is 0 Å². The fourth-order valence-corrected chi connectivity index (χ4v) is 3.48. The van der Waals surface area contributed by atoms with Crippen molar-refractivity contribution < 1.29 is 27.4 Å². The Kier molecular flexibility index (Phi) is 7.92. The highest BCUT2D eigenvalue weighted by Crippen LogP contribution is 2.29. The summed E-state index contributed by atoms with van der Waals surface area (Å²) in [7, 11) is 2.08. The molecule has 0 bridgehead atoms. The summed E-state index contributed by atoms with van der Waals surface area (Å²) in [5.41, 5.74) is -0.0738. The van der Waals surface area contributed by atoms with Crippen LogP contribution in [0.2, 0.25) is 0 Å². The van der Waals surface area contributed by atoms with Gasteiger partial charge in [-0.05, 0) is 55.8 Å². The maximum Gasteiger partial charge on any atom is 0.416 e. The van der Waals surface area contributed by atoms with Crippen molar-refractivity contribution in [3.05, 3.63) is 65.2 Å². The van der Waals surface area contributed by atoms with Gasteiger partial charge in [0.05, 0.1) is 5.56 Å². The van der Waals surface area contributed by atoms with Crippen LogP contribution in [0.15, 0.2) is 48.5 Å². The average molecular weight is 436 g/mol. The fraction of sp³-hybridized carbons (Fsp3) is 0.435. The molecule has 8 heteroatoms. The Balaban J connectivity index is 1.48. The van der Waals surface area contributed by atoms with Gasteiger partial charge in [-0.1, -0.05) is 18.2 Å². The Hall–Kier alpha value is -2.58. The van der Waals surface area contributed by atoms with Crippen LogP contribution in [-0.4, -0.2) is 50.3 Å². The van der Waals surface area contributed by atoms with E-state index in [1.807, 2.05) is 24.3 Å². The van der Waals surface area contributed by atoms with Crippen LogP contribution in [0.5, 0.6) is 5.75 Å². The molecule has 168 valence electrons. The van der Waals surface area contributed by atoms with Gasteiger partial charge in [-0.25, -0.2) is 0 Å². The van der Waals surface area contributed by atoms with E-state index < -0.39 is 17.6 Å². The first-order valence-electron chi connectivity index (χ1n) is 10.3. The summed E-state index contributed by atoms with van der Waals surface area (Å²) in [5, 5.41) is 2.66. The fourth-order valence-electron chi connectivity index (χ4n) is 3.48. The Bertz CT molecular complexity index is 867. The SMILES string of the molecule is CN(CCOc1cccc(CNC(=O)c2cccc(C(F)(F)F)c2)c1)C1CCOCC1. The standard InChI is InChI=1S/C23H27F3N2O3/c1-28(20-8-11-30-12-9-20)10-13-31-21-7-2-4-17(14-21)16-27-22(29)18-5-3-6-19(15-18)23(24,25)26/h2-7,14-15,20H,8-13,16H2,1H3,(H,27,29). The van der Waals surface area contributed by atoms with E-state index >= 15 is 0 Å². The van der Waals surface area contributed by atoms with Crippen LogP contribution in [0, 0.1) is 0 Å². The van der Waals surface area contributed by atoms with Crippen molar-refractivity contribution in [1.82, 2.24) is 10.2 Å². The van der Waals surface area contributed by atoms with Crippen LogP contribution in [0.25, 0.3) is 0 Å². The smallest absolute Gasteiger partial charge is 0.416 e. The van der Waals surface area contributed by atoms with Gasteiger partial charge in [0.2, 0.25) is 0 Å². The molecule has 1 N–H and O–H groups in total. The lowest BCUT2D eigenvalue weighted by molar-refractivity contribution is -0.137. The largest absolute Gasteiger partial charge is 0.492 e. The molecular formula is C23H27F3N2O3.